The molecule has 4 aromatic rings. The number of piperidine rings is 1. The fourth-order valence-corrected chi connectivity index (χ4v) is 12.2. The Kier molecular flexibility index (Phi) is 13.5. The maximum absolute atomic E-state index is 14.0. The van der Waals surface area contributed by atoms with Crippen molar-refractivity contribution in [1.82, 2.24) is 14.5 Å². The first-order valence-electron chi connectivity index (χ1n) is 21.9. The summed E-state index contributed by atoms with van der Waals surface area (Å²) < 4.78 is 29.6. The zero-order valence-corrected chi connectivity index (χ0v) is 36.7. The van der Waals surface area contributed by atoms with Crippen LogP contribution in [0, 0.1) is 12.8 Å². The number of fused-ring (bicyclic) bond motifs is 4. The summed E-state index contributed by atoms with van der Waals surface area (Å²) in [5.74, 6) is 0.00714. The van der Waals surface area contributed by atoms with Crippen molar-refractivity contribution < 1.29 is 32.7 Å². The van der Waals surface area contributed by atoms with Gasteiger partial charge < -0.3 is 20.6 Å². The van der Waals surface area contributed by atoms with Crippen molar-refractivity contribution in [3.05, 3.63) is 107 Å². The molecule has 0 spiro atoms. The van der Waals surface area contributed by atoms with Crippen LogP contribution in [0.25, 0.3) is 11.1 Å². The minimum Gasteiger partial charge on any atom is -0.394 e. The first-order chi connectivity index (χ1) is 30.0. The maximum atomic E-state index is 14.0. The van der Waals surface area contributed by atoms with Crippen LogP contribution in [0.1, 0.15) is 104 Å². The van der Waals surface area contributed by atoms with Crippen molar-refractivity contribution in [3.63, 3.8) is 0 Å². The van der Waals surface area contributed by atoms with E-state index >= 15 is 0 Å². The predicted octanol–water partition coefficient (Wildman–Crippen LogP) is 7.81. The Morgan fingerprint density at radius 1 is 0.871 bits per heavy atom. The molecule has 1 unspecified atom stereocenters. The molecule has 12 nitrogen and oxygen atoms in total. The number of hydrogen-bond donors (Lipinski definition) is 4. The van der Waals surface area contributed by atoms with E-state index in [2.05, 4.69) is 16.0 Å². The molecule has 4 N–H and O–H groups in total. The van der Waals surface area contributed by atoms with Gasteiger partial charge in [-0.25, -0.2) is 8.42 Å². The number of amides is 4. The Morgan fingerprint density at radius 2 is 1.61 bits per heavy atom. The number of aliphatic hydroxyl groups excluding tert-OH is 1. The van der Waals surface area contributed by atoms with Gasteiger partial charge in [-0.3, -0.25) is 24.5 Å². The maximum Gasteiger partial charge on any atom is 0.255 e. The molecule has 4 aliphatic heterocycles. The number of carbonyl (C=O) groups excluding carboxylic acids is 4. The Hall–Kier alpha value is -5.02. The third kappa shape index (κ3) is 9.34. The van der Waals surface area contributed by atoms with Crippen LogP contribution in [0.4, 0.5) is 11.4 Å². The SMILES string of the molecule is Cc1ccc(S(=O)(=O)N2CC[C@@H]3[C@H](CO)Nc4ccc(-c5cccc(NC(=O)CCCCCCCCCSc6cccc7c6CN(C6CCC(=O)NC6=O)C7=O)c5)cc4[C@@H]32)cc1. The van der Waals surface area contributed by atoms with Gasteiger partial charge in [0.05, 0.1) is 23.6 Å². The number of aryl methyl sites for hydroxylation is 1. The molecular formula is C48H55N5O7S2. The van der Waals surface area contributed by atoms with Crippen LogP contribution in [0.2, 0.25) is 0 Å². The summed E-state index contributed by atoms with van der Waals surface area (Å²) in [6.07, 6.45) is 8.93. The smallest absolute Gasteiger partial charge is 0.255 e. The van der Waals surface area contributed by atoms with Gasteiger partial charge in [-0.2, -0.15) is 4.31 Å². The number of benzene rings is 4. The van der Waals surface area contributed by atoms with Crippen LogP contribution in [0.3, 0.4) is 0 Å². The number of sulfonamides is 1. The minimum absolute atomic E-state index is 0.0241. The van der Waals surface area contributed by atoms with E-state index in [-0.39, 0.29) is 47.6 Å². The average molecular weight is 878 g/mol. The molecule has 0 radical (unpaired) electrons. The van der Waals surface area contributed by atoms with Crippen LogP contribution in [-0.2, 0) is 31.0 Å². The number of hydrogen-bond acceptors (Lipinski definition) is 9. The monoisotopic (exact) mass is 877 g/mol. The third-order valence-corrected chi connectivity index (χ3v) is 15.9. The second kappa shape index (κ2) is 19.2. The van der Waals surface area contributed by atoms with E-state index in [4.69, 9.17) is 0 Å². The van der Waals surface area contributed by atoms with E-state index < -0.39 is 28.0 Å². The molecule has 4 aromatic carbocycles. The molecule has 8 rings (SSSR count). The summed E-state index contributed by atoms with van der Waals surface area (Å²) in [4.78, 5) is 53.1. The van der Waals surface area contributed by atoms with Gasteiger partial charge in [0.2, 0.25) is 27.7 Å². The van der Waals surface area contributed by atoms with Gasteiger partial charge in [-0.1, -0.05) is 74.1 Å². The molecule has 2 fully saturated rings. The molecule has 4 aliphatic rings. The molecule has 326 valence electrons. The highest BCUT2D eigenvalue weighted by atomic mass is 32.2. The van der Waals surface area contributed by atoms with Gasteiger partial charge in [0.25, 0.3) is 5.91 Å². The number of thioether (sulfide) groups is 1. The predicted molar refractivity (Wildman–Crippen MR) is 241 cm³/mol. The topological polar surface area (TPSA) is 165 Å². The number of nitrogens with one attached hydrogen (secondary N) is 3. The standard InChI is InChI=1S/C48H55N5O7S2/c1-31-16-19-35(20-17-31)62(59,60)53-25-24-37-41(30-54)50-40-21-18-33(28-38(40)46(37)53)32-11-9-12-34(27-32)49-44(55)15-7-5-3-2-4-6-8-26-61-43-14-10-13-36-39(43)29-52(48(36)58)42-22-23-45(56)51-47(42)57/h9-14,16-21,27-28,37,41-42,46,50,54H,2-8,15,22-26,29-30H2,1H3,(H,49,55)(H,51,56,57)/t37-,41+,42?,46-/m1/s1. The number of nitrogens with zero attached hydrogens (tertiary/aromatic N) is 2. The number of anilines is 2. The molecular weight excluding hydrogens is 823 g/mol. The van der Waals surface area contributed by atoms with E-state index in [0.29, 0.717) is 43.6 Å². The van der Waals surface area contributed by atoms with Gasteiger partial charge in [0.15, 0.2) is 0 Å². The number of aliphatic hydroxyl groups is 1. The summed E-state index contributed by atoms with van der Waals surface area (Å²) in [5.41, 5.74) is 6.85. The highest BCUT2D eigenvalue weighted by Gasteiger charge is 2.48. The van der Waals surface area contributed by atoms with Gasteiger partial charge in [-0.05, 0) is 109 Å². The summed E-state index contributed by atoms with van der Waals surface area (Å²) >= 11 is 1.75. The summed E-state index contributed by atoms with van der Waals surface area (Å²) in [5, 5.41) is 19.2. The largest absolute Gasteiger partial charge is 0.394 e. The van der Waals surface area contributed by atoms with E-state index in [9.17, 15) is 32.7 Å². The van der Waals surface area contributed by atoms with E-state index in [1.807, 2.05) is 79.7 Å². The van der Waals surface area contributed by atoms with Gasteiger partial charge >= 0.3 is 0 Å². The van der Waals surface area contributed by atoms with Crippen molar-refractivity contribution in [3.8, 4) is 11.1 Å². The molecule has 4 atom stereocenters. The van der Waals surface area contributed by atoms with Crippen molar-refractivity contribution in [2.24, 2.45) is 5.92 Å². The van der Waals surface area contributed by atoms with Crippen molar-refractivity contribution in [2.45, 2.75) is 112 Å². The number of rotatable bonds is 17. The second-order valence-electron chi connectivity index (χ2n) is 16.9. The minimum atomic E-state index is -3.78. The molecule has 4 amide bonds. The lowest BCUT2D eigenvalue weighted by atomic mass is 9.82. The molecule has 2 saturated heterocycles. The van der Waals surface area contributed by atoms with Crippen molar-refractivity contribution in [2.75, 3.05) is 29.5 Å². The van der Waals surface area contributed by atoms with Crippen LogP contribution >= 0.6 is 11.8 Å². The molecule has 0 aromatic heterocycles. The molecule has 0 aliphatic carbocycles. The summed E-state index contributed by atoms with van der Waals surface area (Å²) in [7, 11) is -3.78. The van der Waals surface area contributed by atoms with Gasteiger partial charge in [0, 0.05) is 53.7 Å². The van der Waals surface area contributed by atoms with E-state index in [0.717, 1.165) is 89.1 Å². The van der Waals surface area contributed by atoms with Crippen LogP contribution in [0.15, 0.2) is 94.7 Å². The van der Waals surface area contributed by atoms with Crippen LogP contribution < -0.4 is 16.0 Å². The lowest BCUT2D eigenvalue weighted by Crippen LogP contribution is -2.52. The first-order valence-corrected chi connectivity index (χ1v) is 24.3. The lowest BCUT2D eigenvalue weighted by Gasteiger charge is -2.39. The van der Waals surface area contributed by atoms with Crippen LogP contribution in [0.5, 0.6) is 0 Å². The summed E-state index contributed by atoms with van der Waals surface area (Å²) in [6, 6.07) is 25.2. The fraction of sp³-hybridized carbons (Fsp3) is 0.417. The zero-order chi connectivity index (χ0) is 43.4. The average Bonchev–Trinajstić information content (AvgIpc) is 3.87. The number of unbranched alkanes of at least 4 members (excludes halogenated alkanes) is 6. The highest BCUT2D eigenvalue weighted by Crippen LogP contribution is 2.49. The quantitative estimate of drug-likeness (QED) is 0.0471. The fourth-order valence-electron chi connectivity index (χ4n) is 9.46. The van der Waals surface area contributed by atoms with Crippen LogP contribution in [-0.4, -0.2) is 77.3 Å². The normalized spacial score (nSPS) is 20.9. The molecule has 4 heterocycles. The first kappa shape index (κ1) is 43.6. The van der Waals surface area contributed by atoms with Crippen molar-refractivity contribution in [1.29, 1.82) is 0 Å². The molecule has 0 saturated carbocycles. The van der Waals surface area contributed by atoms with E-state index in [1.165, 1.54) is 0 Å². The van der Waals surface area contributed by atoms with Crippen molar-refractivity contribution >= 4 is 56.8 Å². The Balaban J connectivity index is 0.774. The molecule has 14 heteroatoms. The van der Waals surface area contributed by atoms with Gasteiger partial charge in [0.1, 0.15) is 6.04 Å². The van der Waals surface area contributed by atoms with E-state index in [1.54, 1.807) is 33.1 Å². The Morgan fingerprint density at radius 3 is 2.39 bits per heavy atom. The zero-order valence-electron chi connectivity index (χ0n) is 35.1. The van der Waals surface area contributed by atoms with Gasteiger partial charge in [-0.15, -0.1) is 11.8 Å². The Labute approximate surface area is 368 Å². The Bertz CT molecular complexity index is 2440. The number of imide groups is 1. The third-order valence-electron chi connectivity index (χ3n) is 12.8. The lowest BCUT2D eigenvalue weighted by molar-refractivity contribution is -0.137. The number of carbonyl (C=O) groups is 4. The molecule has 0 bridgehead atoms. The summed E-state index contributed by atoms with van der Waals surface area (Å²) in [6.45, 7) is 2.60. The second-order valence-corrected chi connectivity index (χ2v) is 20.0. The molecule has 62 heavy (non-hydrogen) atoms. The highest BCUT2D eigenvalue weighted by molar-refractivity contribution is 7.99.